The van der Waals surface area contributed by atoms with Gasteiger partial charge in [0.25, 0.3) is 0 Å². The Balaban J connectivity index is 1.72. The summed E-state index contributed by atoms with van der Waals surface area (Å²) in [7, 11) is 0. The van der Waals surface area contributed by atoms with Crippen LogP contribution in [0.3, 0.4) is 0 Å². The fourth-order valence-corrected chi connectivity index (χ4v) is 2.28. The molecule has 0 aliphatic carbocycles. The maximum absolute atomic E-state index is 4.17. The summed E-state index contributed by atoms with van der Waals surface area (Å²) in [6.07, 6.45) is 11.2. The van der Waals surface area contributed by atoms with Gasteiger partial charge in [-0.05, 0) is 41.8 Å². The van der Waals surface area contributed by atoms with Crippen LogP contribution in [0.4, 0.5) is 5.69 Å². The first-order valence-electron chi connectivity index (χ1n) is 6.49. The van der Waals surface area contributed by atoms with Crippen LogP contribution in [-0.4, -0.2) is 11.5 Å². The number of hydrogen-bond donors (Lipinski definition) is 0. The van der Waals surface area contributed by atoms with Crippen molar-refractivity contribution < 1.29 is 0 Å². The minimum absolute atomic E-state index is 0.940. The quantitative estimate of drug-likeness (QED) is 0.825. The molecule has 1 aromatic carbocycles. The van der Waals surface area contributed by atoms with Crippen molar-refractivity contribution in [1.29, 1.82) is 0 Å². The second kappa shape index (κ2) is 5.53. The number of hydrogen-bond acceptors (Lipinski definition) is 2. The zero-order valence-electron chi connectivity index (χ0n) is 10.7. The number of rotatable bonds is 3. The Morgan fingerprint density at radius 2 is 1.95 bits per heavy atom. The van der Waals surface area contributed by atoms with Crippen LogP contribution >= 0.6 is 0 Å². The number of anilines is 1. The van der Waals surface area contributed by atoms with Crippen molar-refractivity contribution >= 4 is 5.69 Å². The summed E-state index contributed by atoms with van der Waals surface area (Å²) in [4.78, 5) is 6.44. The highest BCUT2D eigenvalue weighted by atomic mass is 15.1. The van der Waals surface area contributed by atoms with E-state index in [2.05, 4.69) is 58.6 Å². The van der Waals surface area contributed by atoms with E-state index in [4.69, 9.17) is 0 Å². The third-order valence-corrected chi connectivity index (χ3v) is 3.21. The summed E-state index contributed by atoms with van der Waals surface area (Å²) < 4.78 is 0. The summed E-state index contributed by atoms with van der Waals surface area (Å²) >= 11 is 0. The second-order valence-corrected chi connectivity index (χ2v) is 4.67. The topological polar surface area (TPSA) is 16.1 Å². The monoisotopic (exact) mass is 248 g/mol. The molecule has 0 fully saturated rings. The van der Waals surface area contributed by atoms with E-state index in [1.807, 2.05) is 24.5 Å². The Hall–Kier alpha value is -2.35. The molecular weight excluding hydrogens is 232 g/mol. The van der Waals surface area contributed by atoms with Gasteiger partial charge < -0.3 is 4.90 Å². The standard InChI is InChI=1S/C17H16N2/c1-2-8-17(9-3-1)19-11-5-7-16(14-19)12-15-6-4-10-18-13-15/h1-11,13H,12,14H2. The highest BCUT2D eigenvalue weighted by Crippen LogP contribution is 2.20. The number of para-hydroxylation sites is 1. The maximum Gasteiger partial charge on any atom is 0.0441 e. The highest BCUT2D eigenvalue weighted by molar-refractivity contribution is 5.52. The Morgan fingerprint density at radius 1 is 1.05 bits per heavy atom. The van der Waals surface area contributed by atoms with Crippen molar-refractivity contribution in [3.63, 3.8) is 0 Å². The molecule has 0 saturated carbocycles. The van der Waals surface area contributed by atoms with Gasteiger partial charge in [0, 0.05) is 30.8 Å². The molecule has 1 aromatic heterocycles. The molecule has 1 aliphatic rings. The van der Waals surface area contributed by atoms with E-state index in [-0.39, 0.29) is 0 Å². The fraction of sp³-hybridized carbons (Fsp3) is 0.118. The van der Waals surface area contributed by atoms with Crippen molar-refractivity contribution in [3.8, 4) is 0 Å². The SMILES string of the molecule is C1=CN(c2ccccc2)CC(Cc2cccnc2)=C1. The first kappa shape index (κ1) is 11.7. The van der Waals surface area contributed by atoms with Crippen molar-refractivity contribution in [2.24, 2.45) is 0 Å². The summed E-state index contributed by atoms with van der Waals surface area (Å²) in [6.45, 7) is 0.940. The predicted octanol–water partition coefficient (Wildman–Crippen LogP) is 3.58. The summed E-state index contributed by atoms with van der Waals surface area (Å²) in [6, 6.07) is 14.6. The first-order valence-corrected chi connectivity index (χ1v) is 6.49. The van der Waals surface area contributed by atoms with E-state index >= 15 is 0 Å². The Kier molecular flexibility index (Phi) is 3.41. The third-order valence-electron chi connectivity index (χ3n) is 3.21. The molecule has 0 radical (unpaired) electrons. The molecule has 0 N–H and O–H groups in total. The van der Waals surface area contributed by atoms with Crippen LogP contribution in [0.5, 0.6) is 0 Å². The van der Waals surface area contributed by atoms with Gasteiger partial charge in [-0.25, -0.2) is 0 Å². The molecular formula is C17H16N2. The van der Waals surface area contributed by atoms with Crippen molar-refractivity contribution in [3.05, 3.63) is 84.3 Å². The zero-order chi connectivity index (χ0) is 12.9. The number of nitrogens with zero attached hydrogens (tertiary/aromatic N) is 2. The average Bonchev–Trinajstić information content (AvgIpc) is 2.49. The van der Waals surface area contributed by atoms with Gasteiger partial charge in [0.05, 0.1) is 0 Å². The smallest absolute Gasteiger partial charge is 0.0441 e. The van der Waals surface area contributed by atoms with Gasteiger partial charge in [-0.2, -0.15) is 0 Å². The molecule has 2 heterocycles. The van der Waals surface area contributed by atoms with Crippen molar-refractivity contribution in [2.45, 2.75) is 6.42 Å². The van der Waals surface area contributed by atoms with Crippen LogP contribution in [0.15, 0.2) is 78.8 Å². The zero-order valence-corrected chi connectivity index (χ0v) is 10.7. The molecule has 0 bridgehead atoms. The minimum atomic E-state index is 0.940. The van der Waals surface area contributed by atoms with E-state index in [1.54, 1.807) is 0 Å². The second-order valence-electron chi connectivity index (χ2n) is 4.67. The van der Waals surface area contributed by atoms with Crippen LogP contribution in [0.25, 0.3) is 0 Å². The largest absolute Gasteiger partial charge is 0.344 e. The van der Waals surface area contributed by atoms with E-state index in [0.29, 0.717) is 0 Å². The minimum Gasteiger partial charge on any atom is -0.344 e. The predicted molar refractivity (Wildman–Crippen MR) is 79.0 cm³/mol. The third kappa shape index (κ3) is 2.91. The van der Waals surface area contributed by atoms with Gasteiger partial charge in [0.2, 0.25) is 0 Å². The molecule has 2 heteroatoms. The van der Waals surface area contributed by atoms with Crippen molar-refractivity contribution in [2.75, 3.05) is 11.4 Å². The lowest BCUT2D eigenvalue weighted by Crippen LogP contribution is -2.22. The van der Waals surface area contributed by atoms with Crippen molar-refractivity contribution in [1.82, 2.24) is 4.98 Å². The first-order chi connectivity index (χ1) is 9.42. The number of benzene rings is 1. The van der Waals surface area contributed by atoms with Gasteiger partial charge in [0.15, 0.2) is 0 Å². The van der Waals surface area contributed by atoms with Crippen LogP contribution < -0.4 is 4.90 Å². The summed E-state index contributed by atoms with van der Waals surface area (Å²) in [5.74, 6) is 0. The molecule has 2 aromatic rings. The molecule has 0 amide bonds. The Labute approximate surface area is 113 Å². The lowest BCUT2D eigenvalue weighted by Gasteiger charge is -2.24. The molecule has 19 heavy (non-hydrogen) atoms. The molecule has 0 spiro atoms. The fourth-order valence-electron chi connectivity index (χ4n) is 2.28. The highest BCUT2D eigenvalue weighted by Gasteiger charge is 2.09. The van der Waals surface area contributed by atoms with E-state index in [9.17, 15) is 0 Å². The van der Waals surface area contributed by atoms with Gasteiger partial charge >= 0.3 is 0 Å². The number of allylic oxidation sites excluding steroid dienone is 2. The summed E-state index contributed by atoms with van der Waals surface area (Å²) in [5, 5.41) is 0. The Bertz CT molecular complexity index is 585. The molecule has 0 atom stereocenters. The lowest BCUT2D eigenvalue weighted by molar-refractivity contribution is 0.955. The molecule has 0 saturated heterocycles. The van der Waals surface area contributed by atoms with E-state index in [0.717, 1.165) is 13.0 Å². The molecule has 94 valence electrons. The molecule has 1 aliphatic heterocycles. The normalized spacial score (nSPS) is 14.3. The summed E-state index contributed by atoms with van der Waals surface area (Å²) in [5.41, 5.74) is 3.90. The molecule has 3 rings (SSSR count). The van der Waals surface area contributed by atoms with Gasteiger partial charge in [-0.1, -0.05) is 30.3 Å². The average molecular weight is 248 g/mol. The van der Waals surface area contributed by atoms with Gasteiger partial charge in [-0.15, -0.1) is 0 Å². The van der Waals surface area contributed by atoms with Gasteiger partial charge in [0.1, 0.15) is 0 Å². The van der Waals surface area contributed by atoms with Crippen LogP contribution in [-0.2, 0) is 6.42 Å². The maximum atomic E-state index is 4.17. The Morgan fingerprint density at radius 3 is 2.74 bits per heavy atom. The number of aromatic nitrogens is 1. The van der Waals surface area contributed by atoms with Gasteiger partial charge in [-0.3, -0.25) is 4.98 Å². The van der Waals surface area contributed by atoms with E-state index < -0.39 is 0 Å². The lowest BCUT2D eigenvalue weighted by atomic mass is 10.0. The van der Waals surface area contributed by atoms with Crippen LogP contribution in [0, 0.1) is 0 Å². The number of pyridine rings is 1. The van der Waals surface area contributed by atoms with Crippen LogP contribution in [0.2, 0.25) is 0 Å². The van der Waals surface area contributed by atoms with E-state index in [1.165, 1.54) is 16.8 Å². The molecule has 0 unspecified atom stereocenters. The van der Waals surface area contributed by atoms with Crippen LogP contribution in [0.1, 0.15) is 5.56 Å². The molecule has 2 nitrogen and oxygen atoms in total.